The molecule has 0 unspecified atom stereocenters. The molecule has 0 aliphatic heterocycles. The Morgan fingerprint density at radius 1 is 1.39 bits per heavy atom. The van der Waals surface area contributed by atoms with Crippen molar-refractivity contribution in [2.24, 2.45) is 5.92 Å². The molecule has 102 valence electrons. The van der Waals surface area contributed by atoms with Crippen molar-refractivity contribution < 1.29 is 13.9 Å². The van der Waals surface area contributed by atoms with Gasteiger partial charge < -0.3 is 14.8 Å². The van der Waals surface area contributed by atoms with Gasteiger partial charge in [0.15, 0.2) is 0 Å². The summed E-state index contributed by atoms with van der Waals surface area (Å²) in [7, 11) is 1.79. The lowest BCUT2D eigenvalue weighted by molar-refractivity contribution is 0.0802. The fourth-order valence-electron chi connectivity index (χ4n) is 1.43. The predicted molar refractivity (Wildman–Crippen MR) is 68.1 cm³/mol. The molecule has 0 radical (unpaired) electrons. The molecule has 1 aromatic rings. The highest BCUT2D eigenvalue weighted by atomic mass is 19.1. The number of rotatable bonds is 8. The zero-order valence-electron chi connectivity index (χ0n) is 11.2. The maximum absolute atomic E-state index is 13.0. The van der Waals surface area contributed by atoms with Crippen molar-refractivity contribution in [3.8, 4) is 5.88 Å². The first-order valence-electron chi connectivity index (χ1n) is 6.13. The topological polar surface area (TPSA) is 43.4 Å². The third-order valence-corrected chi connectivity index (χ3v) is 2.18. The molecule has 0 saturated carbocycles. The molecule has 5 heteroatoms. The van der Waals surface area contributed by atoms with Gasteiger partial charge in [-0.25, -0.2) is 9.37 Å². The van der Waals surface area contributed by atoms with E-state index in [2.05, 4.69) is 24.1 Å². The van der Waals surface area contributed by atoms with Crippen molar-refractivity contribution in [3.63, 3.8) is 0 Å². The summed E-state index contributed by atoms with van der Waals surface area (Å²) in [6.45, 7) is 6.34. The van der Waals surface area contributed by atoms with E-state index in [0.717, 1.165) is 6.20 Å². The first-order chi connectivity index (χ1) is 8.63. The second-order valence-electron chi connectivity index (χ2n) is 4.47. The smallest absolute Gasteiger partial charge is 0.218 e. The summed E-state index contributed by atoms with van der Waals surface area (Å²) in [6, 6.07) is 1.42. The number of hydrogen-bond donors (Lipinski definition) is 1. The molecule has 0 fully saturated rings. The maximum Gasteiger partial charge on any atom is 0.218 e. The van der Waals surface area contributed by atoms with Gasteiger partial charge in [-0.15, -0.1) is 0 Å². The minimum Gasteiger partial charge on any atom is -0.475 e. The van der Waals surface area contributed by atoms with Crippen LogP contribution in [0.15, 0.2) is 12.3 Å². The SMILES string of the molecule is CNCc1cc(F)cnc1OCCOCC(C)C. The Balaban J connectivity index is 2.41. The molecule has 1 rings (SSSR count). The Labute approximate surface area is 108 Å². The summed E-state index contributed by atoms with van der Waals surface area (Å²) in [5, 5.41) is 2.95. The lowest BCUT2D eigenvalue weighted by atomic mass is 10.2. The van der Waals surface area contributed by atoms with E-state index in [1.807, 2.05) is 0 Å². The quantitative estimate of drug-likeness (QED) is 0.722. The molecule has 0 saturated heterocycles. The van der Waals surface area contributed by atoms with Gasteiger partial charge in [-0.2, -0.15) is 0 Å². The van der Waals surface area contributed by atoms with Crippen LogP contribution in [0.1, 0.15) is 19.4 Å². The van der Waals surface area contributed by atoms with Crippen molar-refractivity contribution in [2.75, 3.05) is 26.9 Å². The van der Waals surface area contributed by atoms with E-state index in [-0.39, 0.29) is 5.82 Å². The number of hydrogen-bond acceptors (Lipinski definition) is 4. The summed E-state index contributed by atoms with van der Waals surface area (Å²) >= 11 is 0. The number of aromatic nitrogens is 1. The minimum atomic E-state index is -0.358. The van der Waals surface area contributed by atoms with Crippen molar-refractivity contribution in [2.45, 2.75) is 20.4 Å². The minimum absolute atomic E-state index is 0.358. The molecule has 1 N–H and O–H groups in total. The standard InChI is InChI=1S/C13H21FN2O2/c1-10(2)9-17-4-5-18-13-11(7-15-3)6-12(14)8-16-13/h6,8,10,15H,4-5,7,9H2,1-3H3. The van der Waals surface area contributed by atoms with Crippen LogP contribution in [0.4, 0.5) is 4.39 Å². The Morgan fingerprint density at radius 2 is 2.17 bits per heavy atom. The molecule has 18 heavy (non-hydrogen) atoms. The van der Waals surface area contributed by atoms with Crippen molar-refractivity contribution in [1.29, 1.82) is 0 Å². The molecule has 4 nitrogen and oxygen atoms in total. The highest BCUT2D eigenvalue weighted by Crippen LogP contribution is 2.15. The van der Waals surface area contributed by atoms with Crippen LogP contribution in [-0.2, 0) is 11.3 Å². The van der Waals surface area contributed by atoms with E-state index >= 15 is 0 Å². The average Bonchev–Trinajstić information content (AvgIpc) is 2.31. The fraction of sp³-hybridized carbons (Fsp3) is 0.615. The molecule has 1 heterocycles. The Hall–Kier alpha value is -1.20. The van der Waals surface area contributed by atoms with Gasteiger partial charge in [0.1, 0.15) is 12.4 Å². The van der Waals surface area contributed by atoms with Crippen molar-refractivity contribution in [3.05, 3.63) is 23.6 Å². The van der Waals surface area contributed by atoms with E-state index in [0.29, 0.717) is 43.7 Å². The first kappa shape index (κ1) is 14.9. The van der Waals surface area contributed by atoms with Crippen LogP contribution in [0.5, 0.6) is 5.88 Å². The lowest BCUT2D eigenvalue weighted by Crippen LogP contribution is -2.13. The van der Waals surface area contributed by atoms with E-state index in [1.165, 1.54) is 6.07 Å². The zero-order valence-corrected chi connectivity index (χ0v) is 11.2. The zero-order chi connectivity index (χ0) is 13.4. The molecule has 1 aromatic heterocycles. The fourth-order valence-corrected chi connectivity index (χ4v) is 1.43. The molecular formula is C13H21FN2O2. The van der Waals surface area contributed by atoms with Crippen LogP contribution in [0, 0.1) is 11.7 Å². The first-order valence-corrected chi connectivity index (χ1v) is 6.13. The Morgan fingerprint density at radius 3 is 2.83 bits per heavy atom. The van der Waals surface area contributed by atoms with Crippen LogP contribution >= 0.6 is 0 Å². The van der Waals surface area contributed by atoms with Gasteiger partial charge in [0, 0.05) is 18.7 Å². The summed E-state index contributed by atoms with van der Waals surface area (Å²) in [4.78, 5) is 3.94. The van der Waals surface area contributed by atoms with E-state index in [1.54, 1.807) is 7.05 Å². The molecular weight excluding hydrogens is 235 g/mol. The molecule has 0 bridgehead atoms. The normalized spacial score (nSPS) is 10.9. The van der Waals surface area contributed by atoms with E-state index in [4.69, 9.17) is 9.47 Å². The van der Waals surface area contributed by atoms with Gasteiger partial charge in [0.2, 0.25) is 5.88 Å². The second kappa shape index (κ2) is 8.00. The average molecular weight is 256 g/mol. The Bertz CT molecular complexity index is 359. The van der Waals surface area contributed by atoms with Gasteiger partial charge in [-0.1, -0.05) is 13.8 Å². The van der Waals surface area contributed by atoms with E-state index < -0.39 is 0 Å². The number of nitrogens with zero attached hydrogens (tertiary/aromatic N) is 1. The Kier molecular flexibility index (Phi) is 6.60. The molecule has 0 aliphatic rings. The van der Waals surface area contributed by atoms with Crippen LogP contribution in [0.3, 0.4) is 0 Å². The summed E-state index contributed by atoms with van der Waals surface area (Å²) in [6.07, 6.45) is 1.16. The van der Waals surface area contributed by atoms with Gasteiger partial charge in [0.05, 0.1) is 12.8 Å². The van der Waals surface area contributed by atoms with Crippen molar-refractivity contribution >= 4 is 0 Å². The van der Waals surface area contributed by atoms with Crippen LogP contribution < -0.4 is 10.1 Å². The lowest BCUT2D eigenvalue weighted by Gasteiger charge is -2.11. The number of halogens is 1. The highest BCUT2D eigenvalue weighted by molar-refractivity contribution is 5.25. The van der Waals surface area contributed by atoms with Crippen LogP contribution in [-0.4, -0.2) is 31.9 Å². The van der Waals surface area contributed by atoms with Gasteiger partial charge in [0.25, 0.3) is 0 Å². The van der Waals surface area contributed by atoms with Crippen LogP contribution in [0.2, 0.25) is 0 Å². The highest BCUT2D eigenvalue weighted by Gasteiger charge is 2.06. The maximum atomic E-state index is 13.0. The molecule has 0 amide bonds. The molecule has 0 atom stereocenters. The third-order valence-electron chi connectivity index (χ3n) is 2.18. The van der Waals surface area contributed by atoms with E-state index in [9.17, 15) is 4.39 Å². The van der Waals surface area contributed by atoms with Gasteiger partial charge in [-0.05, 0) is 19.0 Å². The second-order valence-corrected chi connectivity index (χ2v) is 4.47. The molecule has 0 aliphatic carbocycles. The summed E-state index contributed by atoms with van der Waals surface area (Å²) in [5.41, 5.74) is 0.710. The predicted octanol–water partition coefficient (Wildman–Crippen LogP) is 1.99. The molecule has 0 aromatic carbocycles. The number of ether oxygens (including phenoxy) is 2. The van der Waals surface area contributed by atoms with Crippen LogP contribution in [0.25, 0.3) is 0 Å². The van der Waals surface area contributed by atoms with Gasteiger partial charge in [-0.3, -0.25) is 0 Å². The summed E-state index contributed by atoms with van der Waals surface area (Å²) in [5.74, 6) is 0.608. The van der Waals surface area contributed by atoms with Gasteiger partial charge >= 0.3 is 0 Å². The van der Waals surface area contributed by atoms with Crippen molar-refractivity contribution in [1.82, 2.24) is 10.3 Å². The third kappa shape index (κ3) is 5.42. The number of pyridine rings is 1. The largest absolute Gasteiger partial charge is 0.475 e. The summed E-state index contributed by atoms with van der Waals surface area (Å²) < 4.78 is 23.9. The monoisotopic (exact) mass is 256 g/mol. The molecule has 0 spiro atoms. The number of nitrogens with one attached hydrogen (secondary N) is 1.